The van der Waals surface area contributed by atoms with Crippen molar-refractivity contribution in [2.45, 2.75) is 89.2 Å². The second-order valence-corrected chi connectivity index (χ2v) is 10.6. The maximum absolute atomic E-state index is 13.1. The Balaban J connectivity index is 1.48. The molecule has 7 atom stereocenters. The second-order valence-electron chi connectivity index (χ2n) is 10.6. The Bertz CT molecular complexity index is 783. The molecule has 0 unspecified atom stereocenters. The molecule has 182 valence electrons. The van der Waals surface area contributed by atoms with Crippen LogP contribution < -0.4 is 0 Å². The zero-order valence-electron chi connectivity index (χ0n) is 18.2. The molecule has 1 amide bonds. The van der Waals surface area contributed by atoms with Gasteiger partial charge in [-0.3, -0.25) is 4.79 Å². The molecule has 0 spiro atoms. The van der Waals surface area contributed by atoms with Gasteiger partial charge in [0.15, 0.2) is 0 Å². The molecular formula is C22H29F6NO3. The highest BCUT2D eigenvalue weighted by atomic mass is 19.4. The summed E-state index contributed by atoms with van der Waals surface area (Å²) in [7, 11) is 0. The molecule has 3 saturated carbocycles. The first-order valence-corrected chi connectivity index (χ1v) is 11.3. The Kier molecular flexibility index (Phi) is 5.56. The van der Waals surface area contributed by atoms with Crippen molar-refractivity contribution in [3.8, 4) is 0 Å². The van der Waals surface area contributed by atoms with Crippen LogP contribution in [0.4, 0.5) is 26.3 Å². The van der Waals surface area contributed by atoms with Crippen molar-refractivity contribution in [2.75, 3.05) is 6.54 Å². The topological polar surface area (TPSA) is 46.6 Å². The van der Waals surface area contributed by atoms with E-state index >= 15 is 0 Å². The average Bonchev–Trinajstić information content (AvgIpc) is 3.03. The SMILES string of the molecule is C[C@]12CC[C@@H](OC(=O)C(F)(F)F)C[C@@H]1CC[C@@H]1[C@@H]2CC[C@@]2(C)[C@H]1CCN2C(=O)C(F)(F)F. The van der Waals surface area contributed by atoms with Crippen LogP contribution in [0.25, 0.3) is 0 Å². The van der Waals surface area contributed by atoms with Crippen LogP contribution in [0.2, 0.25) is 0 Å². The fourth-order valence-electron chi connectivity index (χ4n) is 7.72. The lowest BCUT2D eigenvalue weighted by Gasteiger charge is -2.61. The van der Waals surface area contributed by atoms with Gasteiger partial charge in [0.1, 0.15) is 6.10 Å². The fourth-order valence-corrected chi connectivity index (χ4v) is 7.72. The van der Waals surface area contributed by atoms with Gasteiger partial charge < -0.3 is 9.64 Å². The Hall–Kier alpha value is -1.48. The van der Waals surface area contributed by atoms with Crippen LogP contribution in [0, 0.1) is 29.1 Å². The van der Waals surface area contributed by atoms with Crippen molar-refractivity contribution >= 4 is 11.9 Å². The first kappa shape index (κ1) is 23.7. The highest BCUT2D eigenvalue weighted by Gasteiger charge is 2.62. The summed E-state index contributed by atoms with van der Waals surface area (Å²) in [5.74, 6) is -3.36. The number of halogens is 6. The molecule has 0 bridgehead atoms. The number of hydrogen-bond donors (Lipinski definition) is 0. The lowest BCUT2D eigenvalue weighted by molar-refractivity contribution is -0.211. The van der Waals surface area contributed by atoms with Crippen molar-refractivity contribution in [3.05, 3.63) is 0 Å². The molecule has 3 aliphatic carbocycles. The van der Waals surface area contributed by atoms with Gasteiger partial charge in [-0.05, 0) is 87.4 Å². The minimum absolute atomic E-state index is 0.00824. The zero-order valence-corrected chi connectivity index (χ0v) is 18.2. The normalized spacial score (nSPS) is 42.0. The van der Waals surface area contributed by atoms with Crippen molar-refractivity contribution in [1.29, 1.82) is 0 Å². The minimum atomic E-state index is -5.01. The minimum Gasteiger partial charge on any atom is -0.456 e. The highest BCUT2D eigenvalue weighted by Crippen LogP contribution is 2.64. The largest absolute Gasteiger partial charge is 0.490 e. The van der Waals surface area contributed by atoms with E-state index in [1.165, 1.54) is 0 Å². The van der Waals surface area contributed by atoms with Gasteiger partial charge in [0.05, 0.1) is 0 Å². The zero-order chi connectivity index (χ0) is 23.7. The van der Waals surface area contributed by atoms with Crippen molar-refractivity contribution in [1.82, 2.24) is 4.90 Å². The summed E-state index contributed by atoms with van der Waals surface area (Å²) in [5, 5.41) is 0. The number of rotatable bonds is 1. The quantitative estimate of drug-likeness (QED) is 0.389. The second kappa shape index (κ2) is 7.52. The van der Waals surface area contributed by atoms with Gasteiger partial charge in [-0.2, -0.15) is 26.3 Å². The van der Waals surface area contributed by atoms with Gasteiger partial charge in [-0.15, -0.1) is 0 Å². The maximum atomic E-state index is 13.1. The van der Waals surface area contributed by atoms with E-state index in [-0.39, 0.29) is 35.6 Å². The average molecular weight is 469 g/mol. The molecule has 4 aliphatic rings. The molecule has 1 saturated heterocycles. The molecule has 0 N–H and O–H groups in total. The van der Waals surface area contributed by atoms with Gasteiger partial charge in [0.2, 0.25) is 0 Å². The highest BCUT2D eigenvalue weighted by molar-refractivity contribution is 5.83. The van der Waals surface area contributed by atoms with Gasteiger partial charge >= 0.3 is 24.2 Å². The van der Waals surface area contributed by atoms with Gasteiger partial charge in [-0.25, -0.2) is 4.79 Å². The van der Waals surface area contributed by atoms with E-state index in [0.29, 0.717) is 38.5 Å². The van der Waals surface area contributed by atoms with Crippen LogP contribution in [-0.4, -0.2) is 47.3 Å². The number of ether oxygens (including phenoxy) is 1. The molecule has 0 aromatic carbocycles. The standard InChI is InChI=1S/C22H29F6NO3/c1-19-8-5-13(32-18(31)22(26,27)28)11-12(19)3-4-14-15(19)6-9-20(2)16(14)7-10-29(20)17(30)21(23,24)25/h12-16H,3-11H2,1-2H3/t12-,13+,14+,15-,16-,19-,20-/m0/s1. The predicted molar refractivity (Wildman–Crippen MR) is 101 cm³/mol. The number of carbonyl (C=O) groups excluding carboxylic acids is 2. The van der Waals surface area contributed by atoms with Crippen LogP contribution in [0.1, 0.15) is 65.2 Å². The van der Waals surface area contributed by atoms with E-state index in [9.17, 15) is 35.9 Å². The lowest BCUT2D eigenvalue weighted by Crippen LogP contribution is -2.60. The summed E-state index contributed by atoms with van der Waals surface area (Å²) < 4.78 is 81.9. The first-order chi connectivity index (χ1) is 14.7. The summed E-state index contributed by atoms with van der Waals surface area (Å²) in [6.45, 7) is 4.04. The van der Waals surface area contributed by atoms with Crippen molar-refractivity contribution in [3.63, 3.8) is 0 Å². The molecule has 4 fully saturated rings. The van der Waals surface area contributed by atoms with E-state index in [0.717, 1.165) is 17.7 Å². The van der Waals surface area contributed by atoms with Crippen LogP contribution in [0.3, 0.4) is 0 Å². The van der Waals surface area contributed by atoms with E-state index in [1.807, 2.05) is 0 Å². The van der Waals surface area contributed by atoms with Crippen LogP contribution >= 0.6 is 0 Å². The Morgan fingerprint density at radius 1 is 0.875 bits per heavy atom. The Labute approximate surface area is 183 Å². The van der Waals surface area contributed by atoms with Crippen LogP contribution in [0.15, 0.2) is 0 Å². The summed E-state index contributed by atoms with van der Waals surface area (Å²) >= 11 is 0. The first-order valence-electron chi connectivity index (χ1n) is 11.3. The van der Waals surface area contributed by atoms with E-state index < -0.39 is 35.9 Å². The number of nitrogens with zero attached hydrogens (tertiary/aromatic N) is 1. The smallest absolute Gasteiger partial charge is 0.456 e. The number of likely N-dealkylation sites (tertiary alicyclic amines) is 1. The summed E-state index contributed by atoms with van der Waals surface area (Å²) in [6.07, 6.45) is -6.00. The molecule has 10 heteroatoms. The third-order valence-corrected chi connectivity index (χ3v) is 9.25. The van der Waals surface area contributed by atoms with Crippen molar-refractivity contribution < 1.29 is 40.7 Å². The van der Waals surface area contributed by atoms with Gasteiger partial charge in [-0.1, -0.05) is 6.92 Å². The van der Waals surface area contributed by atoms with E-state index in [4.69, 9.17) is 4.74 Å². The molecule has 0 aromatic rings. The van der Waals surface area contributed by atoms with E-state index in [2.05, 4.69) is 6.92 Å². The van der Waals surface area contributed by atoms with Gasteiger partial charge in [0.25, 0.3) is 0 Å². The summed E-state index contributed by atoms with van der Waals surface area (Å²) in [5.41, 5.74) is -0.955. The monoisotopic (exact) mass is 469 g/mol. The molecule has 0 radical (unpaired) electrons. The number of alkyl halides is 6. The molecule has 32 heavy (non-hydrogen) atoms. The third-order valence-electron chi connectivity index (χ3n) is 9.25. The number of fused-ring (bicyclic) bond motifs is 5. The molecular weight excluding hydrogens is 440 g/mol. The third kappa shape index (κ3) is 3.69. The molecule has 4 rings (SSSR count). The van der Waals surface area contributed by atoms with Crippen LogP contribution in [-0.2, 0) is 14.3 Å². The maximum Gasteiger partial charge on any atom is 0.490 e. The molecule has 4 nitrogen and oxygen atoms in total. The Morgan fingerprint density at radius 3 is 2.19 bits per heavy atom. The summed E-state index contributed by atoms with van der Waals surface area (Å²) in [6, 6.07) is 0. The Morgan fingerprint density at radius 2 is 1.56 bits per heavy atom. The molecule has 1 aliphatic heterocycles. The number of hydrogen-bond acceptors (Lipinski definition) is 3. The lowest BCUT2D eigenvalue weighted by atomic mass is 9.46. The fraction of sp³-hybridized carbons (Fsp3) is 0.909. The van der Waals surface area contributed by atoms with E-state index in [1.54, 1.807) is 6.92 Å². The number of esters is 1. The number of carbonyl (C=O) groups is 2. The van der Waals surface area contributed by atoms with Crippen LogP contribution in [0.5, 0.6) is 0 Å². The molecule has 1 heterocycles. The molecule has 0 aromatic heterocycles. The predicted octanol–water partition coefficient (Wildman–Crippen LogP) is 5.26. The van der Waals surface area contributed by atoms with Crippen molar-refractivity contribution in [2.24, 2.45) is 29.1 Å². The van der Waals surface area contributed by atoms with Gasteiger partial charge in [0, 0.05) is 12.1 Å². The summed E-state index contributed by atoms with van der Waals surface area (Å²) in [4.78, 5) is 24.3. The number of amides is 1.